The molecule has 8 heteroatoms. The number of carbonyl (C=O) groups is 2. The number of alkyl halides is 3. The lowest BCUT2D eigenvalue weighted by molar-refractivity contribution is -0.140. The van der Waals surface area contributed by atoms with Gasteiger partial charge in [-0.25, -0.2) is 0 Å². The minimum Gasteiger partial charge on any atom is -0.481 e. The molecule has 1 aromatic carbocycles. The highest BCUT2D eigenvalue weighted by Crippen LogP contribution is 2.38. The van der Waals surface area contributed by atoms with Gasteiger partial charge in [0, 0.05) is 11.4 Å². The maximum absolute atomic E-state index is 12.4. The summed E-state index contributed by atoms with van der Waals surface area (Å²) in [4.78, 5) is 22.2. The van der Waals surface area contributed by atoms with Gasteiger partial charge >= 0.3 is 11.5 Å². The minimum atomic E-state index is -4.50. The molecular formula is C12H12F3NO3S. The van der Waals surface area contributed by atoms with Gasteiger partial charge in [-0.05, 0) is 23.9 Å². The second-order valence-electron chi connectivity index (χ2n) is 3.99. The molecule has 1 atom stereocenters. The van der Waals surface area contributed by atoms with Crippen molar-refractivity contribution in [1.82, 2.24) is 5.32 Å². The fraction of sp³-hybridized carbons (Fsp3) is 0.333. The van der Waals surface area contributed by atoms with Gasteiger partial charge in [-0.1, -0.05) is 19.1 Å². The summed E-state index contributed by atoms with van der Waals surface area (Å²) in [5, 5.41) is 11.0. The zero-order chi connectivity index (χ0) is 15.3. The van der Waals surface area contributed by atoms with E-state index in [1.807, 2.05) is 0 Å². The summed E-state index contributed by atoms with van der Waals surface area (Å²) in [5.41, 5.74) is -4.63. The number of hydrogen-bond acceptors (Lipinski definition) is 3. The highest BCUT2D eigenvalue weighted by atomic mass is 32.2. The standard InChI is InChI=1S/C12H12F3NO3S/c1-7(11(18)19)6-16-10(17)8-4-2-3-5-9(8)20-12(13,14)15/h2-5,7H,6H2,1H3,(H,16,17)(H,18,19). The van der Waals surface area contributed by atoms with Crippen LogP contribution in [-0.4, -0.2) is 29.0 Å². The smallest absolute Gasteiger partial charge is 0.446 e. The molecule has 0 aliphatic rings. The van der Waals surface area contributed by atoms with Crippen molar-refractivity contribution in [3.05, 3.63) is 29.8 Å². The van der Waals surface area contributed by atoms with Crippen molar-refractivity contribution in [3.8, 4) is 0 Å². The SMILES string of the molecule is CC(CNC(=O)c1ccccc1SC(F)(F)F)C(=O)O. The molecule has 0 saturated carbocycles. The molecule has 0 radical (unpaired) electrons. The number of thioether (sulfide) groups is 1. The second kappa shape index (κ2) is 6.65. The van der Waals surface area contributed by atoms with E-state index in [1.165, 1.54) is 31.2 Å². The number of carboxylic acids is 1. The maximum Gasteiger partial charge on any atom is 0.446 e. The number of halogens is 3. The van der Waals surface area contributed by atoms with E-state index in [9.17, 15) is 22.8 Å². The van der Waals surface area contributed by atoms with Crippen LogP contribution < -0.4 is 5.32 Å². The number of carbonyl (C=O) groups excluding carboxylic acids is 1. The van der Waals surface area contributed by atoms with Gasteiger partial charge in [0.05, 0.1) is 11.5 Å². The third-order valence-corrected chi connectivity index (χ3v) is 3.16. The van der Waals surface area contributed by atoms with Crippen molar-refractivity contribution in [2.24, 2.45) is 5.92 Å². The van der Waals surface area contributed by atoms with Crippen molar-refractivity contribution >= 4 is 23.6 Å². The van der Waals surface area contributed by atoms with Gasteiger partial charge in [0.25, 0.3) is 5.91 Å². The molecular weight excluding hydrogens is 295 g/mol. The average Bonchev–Trinajstić information content (AvgIpc) is 2.34. The monoisotopic (exact) mass is 307 g/mol. The second-order valence-corrected chi connectivity index (χ2v) is 5.10. The third-order valence-electron chi connectivity index (χ3n) is 2.35. The van der Waals surface area contributed by atoms with E-state index < -0.39 is 23.3 Å². The average molecular weight is 307 g/mol. The van der Waals surface area contributed by atoms with Crippen LogP contribution in [0.1, 0.15) is 17.3 Å². The van der Waals surface area contributed by atoms with Crippen LogP contribution in [0, 0.1) is 5.92 Å². The molecule has 0 aliphatic carbocycles. The minimum absolute atomic E-state index is 0.132. The lowest BCUT2D eigenvalue weighted by Crippen LogP contribution is -2.31. The van der Waals surface area contributed by atoms with E-state index in [4.69, 9.17) is 5.11 Å². The highest BCUT2D eigenvalue weighted by molar-refractivity contribution is 8.00. The van der Waals surface area contributed by atoms with Crippen molar-refractivity contribution in [3.63, 3.8) is 0 Å². The molecule has 1 rings (SSSR count). The fourth-order valence-corrected chi connectivity index (χ4v) is 1.96. The van der Waals surface area contributed by atoms with E-state index in [0.29, 0.717) is 0 Å². The Balaban J connectivity index is 2.80. The fourth-order valence-electron chi connectivity index (χ4n) is 1.30. The van der Waals surface area contributed by atoms with Gasteiger partial charge in [0.2, 0.25) is 0 Å². The van der Waals surface area contributed by atoms with Crippen LogP contribution >= 0.6 is 11.8 Å². The third kappa shape index (κ3) is 5.12. The van der Waals surface area contributed by atoms with Gasteiger partial charge < -0.3 is 10.4 Å². The molecule has 4 nitrogen and oxygen atoms in total. The highest BCUT2D eigenvalue weighted by Gasteiger charge is 2.31. The van der Waals surface area contributed by atoms with Gasteiger partial charge in [0.1, 0.15) is 0 Å². The van der Waals surface area contributed by atoms with Gasteiger partial charge in [-0.2, -0.15) is 13.2 Å². The first kappa shape index (κ1) is 16.4. The number of aliphatic carboxylic acids is 1. The zero-order valence-electron chi connectivity index (χ0n) is 10.4. The molecule has 0 aliphatic heterocycles. The van der Waals surface area contributed by atoms with E-state index in [0.717, 1.165) is 0 Å². The van der Waals surface area contributed by atoms with Crippen LogP contribution in [-0.2, 0) is 4.79 Å². The number of rotatable bonds is 5. The van der Waals surface area contributed by atoms with E-state index in [2.05, 4.69) is 5.32 Å². The zero-order valence-corrected chi connectivity index (χ0v) is 11.2. The van der Waals surface area contributed by atoms with Crippen LogP contribution in [0.15, 0.2) is 29.2 Å². The van der Waals surface area contributed by atoms with Crippen LogP contribution in [0.25, 0.3) is 0 Å². The Kier molecular flexibility index (Phi) is 5.43. The quantitative estimate of drug-likeness (QED) is 0.821. The topological polar surface area (TPSA) is 66.4 Å². The van der Waals surface area contributed by atoms with Crippen molar-refractivity contribution in [2.75, 3.05) is 6.54 Å². The molecule has 0 heterocycles. The summed E-state index contributed by atoms with van der Waals surface area (Å²) in [6.45, 7) is 1.23. The predicted octanol–water partition coefficient (Wildman–Crippen LogP) is 2.75. The van der Waals surface area contributed by atoms with E-state index in [-0.39, 0.29) is 28.8 Å². The van der Waals surface area contributed by atoms with Gasteiger partial charge in [-0.3, -0.25) is 9.59 Å². The predicted molar refractivity (Wildman–Crippen MR) is 67.5 cm³/mol. The Hall–Kier alpha value is -1.70. The van der Waals surface area contributed by atoms with E-state index >= 15 is 0 Å². The van der Waals surface area contributed by atoms with E-state index in [1.54, 1.807) is 0 Å². The summed E-state index contributed by atoms with van der Waals surface area (Å²) < 4.78 is 37.1. The number of nitrogens with one attached hydrogen (secondary N) is 1. The van der Waals surface area contributed by atoms with Gasteiger partial charge in [-0.15, -0.1) is 0 Å². The molecule has 1 aromatic rings. The summed E-state index contributed by atoms with van der Waals surface area (Å²) in [5.74, 6) is -2.64. The molecule has 0 bridgehead atoms. The first-order valence-electron chi connectivity index (χ1n) is 5.56. The van der Waals surface area contributed by atoms with Crippen molar-refractivity contribution < 1.29 is 27.9 Å². The Morgan fingerprint density at radius 2 is 1.95 bits per heavy atom. The molecule has 1 unspecified atom stereocenters. The Bertz CT molecular complexity index is 505. The first-order valence-corrected chi connectivity index (χ1v) is 6.38. The first-order chi connectivity index (χ1) is 9.20. The molecule has 110 valence electrons. The molecule has 0 spiro atoms. The number of amides is 1. The van der Waals surface area contributed by atoms with Crippen molar-refractivity contribution in [1.29, 1.82) is 0 Å². The molecule has 20 heavy (non-hydrogen) atoms. The van der Waals surface area contributed by atoms with Crippen molar-refractivity contribution in [2.45, 2.75) is 17.3 Å². The number of hydrogen-bond donors (Lipinski definition) is 2. The summed E-state index contributed by atoms with van der Waals surface area (Å²) in [6.07, 6.45) is 0. The van der Waals surface area contributed by atoms with Crippen LogP contribution in [0.2, 0.25) is 0 Å². The summed E-state index contributed by atoms with van der Waals surface area (Å²) >= 11 is -0.381. The van der Waals surface area contributed by atoms with Crippen LogP contribution in [0.4, 0.5) is 13.2 Å². The molecule has 0 fully saturated rings. The Morgan fingerprint density at radius 3 is 2.50 bits per heavy atom. The van der Waals surface area contributed by atoms with Crippen LogP contribution in [0.5, 0.6) is 0 Å². The molecule has 0 aromatic heterocycles. The molecule has 1 amide bonds. The number of benzene rings is 1. The lowest BCUT2D eigenvalue weighted by Gasteiger charge is -2.12. The summed E-state index contributed by atoms with van der Waals surface area (Å²) in [6, 6.07) is 5.28. The van der Waals surface area contributed by atoms with Gasteiger partial charge in [0.15, 0.2) is 0 Å². The largest absolute Gasteiger partial charge is 0.481 e. The number of carboxylic acid groups (broad SMARTS) is 1. The Labute approximate surface area is 117 Å². The van der Waals surface area contributed by atoms with Crippen LogP contribution in [0.3, 0.4) is 0 Å². The lowest BCUT2D eigenvalue weighted by atomic mass is 10.1. The normalized spacial score (nSPS) is 12.8. The maximum atomic E-state index is 12.4. The molecule has 0 saturated heterocycles. The summed E-state index contributed by atoms with van der Waals surface area (Å²) in [7, 11) is 0. The molecule has 2 N–H and O–H groups in total. The Morgan fingerprint density at radius 1 is 1.35 bits per heavy atom.